The summed E-state index contributed by atoms with van der Waals surface area (Å²) < 4.78 is 6.65. The molecule has 0 saturated heterocycles. The molecule has 0 fully saturated rings. The number of carbonyl (C=O) groups is 1. The van der Waals surface area contributed by atoms with Gasteiger partial charge in [-0.1, -0.05) is 11.8 Å². The highest BCUT2D eigenvalue weighted by molar-refractivity contribution is 7.98. The first-order valence-electron chi connectivity index (χ1n) is 5.99. The molecule has 0 aromatic carbocycles. The SMILES string of the molecule is CCOC(=O)c1cnc(SC)nc1Nc1ccn(C)n1. The molecule has 8 heteroatoms. The van der Waals surface area contributed by atoms with Gasteiger partial charge in [0.25, 0.3) is 0 Å². The Morgan fingerprint density at radius 1 is 1.55 bits per heavy atom. The number of rotatable bonds is 5. The standard InChI is InChI=1S/C12H15N5O2S/c1-4-19-11(18)8-7-13-12(20-3)15-10(8)14-9-5-6-17(2)16-9/h5-7H,4H2,1-3H3,(H,13,14,15,16). The molecule has 0 atom stereocenters. The van der Waals surface area contributed by atoms with Crippen LogP contribution in [0.2, 0.25) is 0 Å². The summed E-state index contributed by atoms with van der Waals surface area (Å²) >= 11 is 1.39. The van der Waals surface area contributed by atoms with Crippen molar-refractivity contribution in [3.05, 3.63) is 24.0 Å². The van der Waals surface area contributed by atoms with Crippen LogP contribution >= 0.6 is 11.8 Å². The molecule has 20 heavy (non-hydrogen) atoms. The van der Waals surface area contributed by atoms with Crippen molar-refractivity contribution in [3.63, 3.8) is 0 Å². The van der Waals surface area contributed by atoms with Crippen molar-refractivity contribution in [2.24, 2.45) is 7.05 Å². The van der Waals surface area contributed by atoms with E-state index >= 15 is 0 Å². The molecule has 0 spiro atoms. The van der Waals surface area contributed by atoms with Crippen molar-refractivity contribution < 1.29 is 9.53 Å². The van der Waals surface area contributed by atoms with Gasteiger partial charge in [-0.3, -0.25) is 4.68 Å². The van der Waals surface area contributed by atoms with Crippen LogP contribution in [0.4, 0.5) is 11.6 Å². The van der Waals surface area contributed by atoms with Gasteiger partial charge in [0.05, 0.1) is 6.61 Å². The average molecular weight is 293 g/mol. The lowest BCUT2D eigenvalue weighted by atomic mass is 10.3. The zero-order chi connectivity index (χ0) is 14.5. The number of aromatic nitrogens is 4. The Kier molecular flexibility index (Phi) is 4.57. The Morgan fingerprint density at radius 2 is 2.35 bits per heavy atom. The number of thioether (sulfide) groups is 1. The quantitative estimate of drug-likeness (QED) is 0.512. The zero-order valence-corrected chi connectivity index (χ0v) is 12.3. The molecule has 2 aromatic rings. The Labute approximate surface area is 120 Å². The predicted molar refractivity (Wildman–Crippen MR) is 76.3 cm³/mol. The minimum atomic E-state index is -0.460. The monoisotopic (exact) mass is 293 g/mol. The molecular weight excluding hydrogens is 278 g/mol. The maximum Gasteiger partial charge on any atom is 0.343 e. The van der Waals surface area contributed by atoms with Gasteiger partial charge in [-0.2, -0.15) is 5.10 Å². The summed E-state index contributed by atoms with van der Waals surface area (Å²) in [6.45, 7) is 2.05. The Bertz CT molecular complexity index is 614. The zero-order valence-electron chi connectivity index (χ0n) is 11.5. The van der Waals surface area contributed by atoms with Gasteiger partial charge in [0.2, 0.25) is 0 Å². The minimum absolute atomic E-state index is 0.287. The van der Waals surface area contributed by atoms with Crippen LogP contribution < -0.4 is 5.32 Å². The van der Waals surface area contributed by atoms with Gasteiger partial charge >= 0.3 is 5.97 Å². The predicted octanol–water partition coefficient (Wildman–Crippen LogP) is 1.85. The van der Waals surface area contributed by atoms with E-state index in [1.807, 2.05) is 13.3 Å². The van der Waals surface area contributed by atoms with Crippen LogP contribution in [0.5, 0.6) is 0 Å². The van der Waals surface area contributed by atoms with Crippen molar-refractivity contribution >= 4 is 29.4 Å². The summed E-state index contributed by atoms with van der Waals surface area (Å²) in [6, 6.07) is 1.79. The molecule has 0 unspecified atom stereocenters. The Hall–Kier alpha value is -2.09. The fourth-order valence-corrected chi connectivity index (χ4v) is 1.86. The van der Waals surface area contributed by atoms with E-state index in [4.69, 9.17) is 4.74 Å². The molecule has 106 valence electrons. The van der Waals surface area contributed by atoms with Crippen molar-refractivity contribution in [1.82, 2.24) is 19.7 Å². The van der Waals surface area contributed by atoms with Crippen molar-refractivity contribution in [2.75, 3.05) is 18.2 Å². The summed E-state index contributed by atoms with van der Waals surface area (Å²) in [5.41, 5.74) is 0.287. The molecule has 2 rings (SSSR count). The van der Waals surface area contributed by atoms with Gasteiger partial charge < -0.3 is 10.1 Å². The van der Waals surface area contributed by atoms with Gasteiger partial charge in [0, 0.05) is 25.5 Å². The first kappa shape index (κ1) is 14.3. The Morgan fingerprint density at radius 3 is 2.95 bits per heavy atom. The molecule has 7 nitrogen and oxygen atoms in total. The smallest absolute Gasteiger partial charge is 0.343 e. The largest absolute Gasteiger partial charge is 0.462 e. The number of hydrogen-bond donors (Lipinski definition) is 1. The second-order valence-electron chi connectivity index (χ2n) is 3.84. The summed E-state index contributed by atoms with van der Waals surface area (Å²) in [5.74, 6) is 0.531. The average Bonchev–Trinajstić information content (AvgIpc) is 2.84. The third-order valence-corrected chi connectivity index (χ3v) is 2.97. The van der Waals surface area contributed by atoms with E-state index in [1.54, 1.807) is 23.9 Å². The maximum atomic E-state index is 11.9. The van der Waals surface area contributed by atoms with Crippen LogP contribution in [0.25, 0.3) is 0 Å². The van der Waals surface area contributed by atoms with E-state index in [2.05, 4.69) is 20.4 Å². The summed E-state index contributed by atoms with van der Waals surface area (Å²) in [5, 5.41) is 7.77. The highest BCUT2D eigenvalue weighted by Gasteiger charge is 2.16. The first-order valence-corrected chi connectivity index (χ1v) is 7.21. The number of aryl methyl sites for hydroxylation is 1. The van der Waals surface area contributed by atoms with E-state index < -0.39 is 5.97 Å². The first-order chi connectivity index (χ1) is 9.63. The number of nitrogens with one attached hydrogen (secondary N) is 1. The lowest BCUT2D eigenvalue weighted by molar-refractivity contribution is 0.0526. The number of hydrogen-bond acceptors (Lipinski definition) is 7. The van der Waals surface area contributed by atoms with Crippen molar-refractivity contribution in [1.29, 1.82) is 0 Å². The van der Waals surface area contributed by atoms with Crippen LogP contribution in [0.1, 0.15) is 17.3 Å². The summed E-state index contributed by atoms with van der Waals surface area (Å²) in [4.78, 5) is 20.3. The number of carbonyl (C=O) groups excluding carboxylic acids is 1. The second-order valence-corrected chi connectivity index (χ2v) is 4.61. The summed E-state index contributed by atoms with van der Waals surface area (Å²) in [6.07, 6.45) is 5.12. The van der Waals surface area contributed by atoms with E-state index in [0.717, 1.165) is 0 Å². The molecule has 0 bridgehead atoms. The normalized spacial score (nSPS) is 10.3. The number of esters is 1. The van der Waals surface area contributed by atoms with Gasteiger partial charge in [0.1, 0.15) is 5.56 Å². The number of anilines is 2. The van der Waals surface area contributed by atoms with E-state index in [0.29, 0.717) is 23.4 Å². The second kappa shape index (κ2) is 6.38. The van der Waals surface area contributed by atoms with Crippen molar-refractivity contribution in [2.45, 2.75) is 12.1 Å². The Balaban J connectivity index is 2.34. The molecule has 0 aliphatic heterocycles. The van der Waals surface area contributed by atoms with Gasteiger partial charge in [0.15, 0.2) is 16.8 Å². The molecule has 0 saturated carbocycles. The van der Waals surface area contributed by atoms with Gasteiger partial charge in [-0.15, -0.1) is 0 Å². The number of nitrogens with zero attached hydrogens (tertiary/aromatic N) is 4. The molecule has 0 radical (unpaired) electrons. The van der Waals surface area contributed by atoms with Crippen LogP contribution in [-0.2, 0) is 11.8 Å². The molecule has 0 aliphatic rings. The van der Waals surface area contributed by atoms with Crippen LogP contribution in [0.15, 0.2) is 23.6 Å². The fourth-order valence-electron chi connectivity index (χ4n) is 1.52. The molecule has 0 aliphatic carbocycles. The van der Waals surface area contributed by atoms with Gasteiger partial charge in [-0.25, -0.2) is 14.8 Å². The maximum absolute atomic E-state index is 11.9. The van der Waals surface area contributed by atoms with Crippen LogP contribution in [0, 0.1) is 0 Å². The molecule has 1 N–H and O–H groups in total. The third kappa shape index (κ3) is 3.27. The minimum Gasteiger partial charge on any atom is -0.462 e. The van der Waals surface area contributed by atoms with E-state index in [1.165, 1.54) is 18.0 Å². The lowest BCUT2D eigenvalue weighted by Crippen LogP contribution is -2.11. The van der Waals surface area contributed by atoms with Crippen LogP contribution in [-0.4, -0.2) is 38.6 Å². The third-order valence-electron chi connectivity index (χ3n) is 2.40. The van der Waals surface area contributed by atoms with E-state index in [9.17, 15) is 4.79 Å². The molecule has 2 heterocycles. The summed E-state index contributed by atoms with van der Waals surface area (Å²) in [7, 11) is 1.81. The van der Waals surface area contributed by atoms with Crippen LogP contribution in [0.3, 0.4) is 0 Å². The van der Waals surface area contributed by atoms with Gasteiger partial charge in [-0.05, 0) is 13.2 Å². The fraction of sp³-hybridized carbons (Fsp3) is 0.333. The highest BCUT2D eigenvalue weighted by atomic mass is 32.2. The number of ether oxygens (including phenoxy) is 1. The molecule has 2 aromatic heterocycles. The molecular formula is C12H15N5O2S. The topological polar surface area (TPSA) is 81.9 Å². The molecule has 0 amide bonds. The highest BCUT2D eigenvalue weighted by Crippen LogP contribution is 2.20. The lowest BCUT2D eigenvalue weighted by Gasteiger charge is -2.09. The van der Waals surface area contributed by atoms with Crippen molar-refractivity contribution in [3.8, 4) is 0 Å². The van der Waals surface area contributed by atoms with E-state index in [-0.39, 0.29) is 5.56 Å².